The third kappa shape index (κ3) is 6.61. The van der Waals surface area contributed by atoms with E-state index in [1.807, 2.05) is 48.5 Å². The van der Waals surface area contributed by atoms with Crippen molar-refractivity contribution in [2.45, 2.75) is 12.8 Å². The average molecular weight is 441 g/mol. The van der Waals surface area contributed by atoms with Gasteiger partial charge in [-0.1, -0.05) is 53.5 Å². The van der Waals surface area contributed by atoms with E-state index < -0.39 is 0 Å². The fourth-order valence-corrected chi connectivity index (χ4v) is 3.46. The van der Waals surface area contributed by atoms with Gasteiger partial charge in [0.2, 0.25) is 0 Å². The van der Waals surface area contributed by atoms with Crippen LogP contribution in [0.2, 0.25) is 10.0 Å². The molecule has 3 rings (SSSR count). The minimum atomic E-state index is -0.217. The SMILES string of the molecule is O=C(NCCc1cccc(Cl)c1)c1cccc(C(=O)NCCc2cccc(Cl)c2)c1. The third-order valence-corrected chi connectivity index (χ3v) is 5.03. The Labute approximate surface area is 186 Å². The minimum absolute atomic E-state index is 0.217. The highest BCUT2D eigenvalue weighted by molar-refractivity contribution is 6.30. The maximum Gasteiger partial charge on any atom is 0.251 e. The maximum atomic E-state index is 12.4. The number of nitrogens with one attached hydrogen (secondary N) is 2. The number of hydrogen-bond donors (Lipinski definition) is 2. The monoisotopic (exact) mass is 440 g/mol. The van der Waals surface area contributed by atoms with E-state index in [9.17, 15) is 9.59 Å². The molecular weight excluding hydrogens is 419 g/mol. The number of carbonyl (C=O) groups is 2. The lowest BCUT2D eigenvalue weighted by atomic mass is 10.1. The van der Waals surface area contributed by atoms with Crippen LogP contribution in [0.4, 0.5) is 0 Å². The van der Waals surface area contributed by atoms with Gasteiger partial charge >= 0.3 is 0 Å². The van der Waals surface area contributed by atoms with Crippen molar-refractivity contribution in [3.63, 3.8) is 0 Å². The van der Waals surface area contributed by atoms with E-state index >= 15 is 0 Å². The van der Waals surface area contributed by atoms with Crippen LogP contribution < -0.4 is 10.6 Å². The molecular formula is C24H22Cl2N2O2. The summed E-state index contributed by atoms with van der Waals surface area (Å²) in [6, 6.07) is 21.8. The zero-order chi connectivity index (χ0) is 21.3. The smallest absolute Gasteiger partial charge is 0.251 e. The van der Waals surface area contributed by atoms with E-state index in [-0.39, 0.29) is 11.8 Å². The van der Waals surface area contributed by atoms with Gasteiger partial charge in [-0.25, -0.2) is 0 Å². The first kappa shape index (κ1) is 21.9. The molecule has 0 saturated carbocycles. The number of hydrogen-bond acceptors (Lipinski definition) is 2. The average Bonchev–Trinajstić information content (AvgIpc) is 2.74. The number of rotatable bonds is 8. The predicted molar refractivity (Wildman–Crippen MR) is 121 cm³/mol. The van der Waals surface area contributed by atoms with Crippen LogP contribution in [-0.2, 0) is 12.8 Å². The lowest BCUT2D eigenvalue weighted by Crippen LogP contribution is -2.28. The van der Waals surface area contributed by atoms with E-state index in [0.717, 1.165) is 11.1 Å². The highest BCUT2D eigenvalue weighted by Gasteiger charge is 2.10. The van der Waals surface area contributed by atoms with Crippen LogP contribution in [0.1, 0.15) is 31.8 Å². The Morgan fingerprint density at radius 3 is 1.50 bits per heavy atom. The zero-order valence-electron chi connectivity index (χ0n) is 16.3. The summed E-state index contributed by atoms with van der Waals surface area (Å²) in [5.41, 5.74) is 3.00. The Kier molecular flexibility index (Phi) is 7.89. The quantitative estimate of drug-likeness (QED) is 0.521. The van der Waals surface area contributed by atoms with E-state index in [4.69, 9.17) is 23.2 Å². The van der Waals surface area contributed by atoms with Crippen LogP contribution in [0, 0.1) is 0 Å². The normalized spacial score (nSPS) is 10.5. The van der Waals surface area contributed by atoms with Crippen molar-refractivity contribution in [3.8, 4) is 0 Å². The Hall–Kier alpha value is -2.82. The number of carbonyl (C=O) groups excluding carboxylic acids is 2. The molecule has 0 spiro atoms. The molecule has 4 nitrogen and oxygen atoms in total. The summed E-state index contributed by atoms with van der Waals surface area (Å²) in [5, 5.41) is 7.10. The Balaban J connectivity index is 1.50. The molecule has 2 N–H and O–H groups in total. The van der Waals surface area contributed by atoms with Gasteiger partial charge in [0.15, 0.2) is 0 Å². The van der Waals surface area contributed by atoms with Crippen LogP contribution in [-0.4, -0.2) is 24.9 Å². The minimum Gasteiger partial charge on any atom is -0.352 e. The van der Waals surface area contributed by atoms with Gasteiger partial charge < -0.3 is 10.6 Å². The third-order valence-electron chi connectivity index (χ3n) is 4.56. The van der Waals surface area contributed by atoms with Gasteiger partial charge in [-0.2, -0.15) is 0 Å². The molecule has 0 aromatic heterocycles. The molecule has 0 heterocycles. The van der Waals surface area contributed by atoms with E-state index in [1.54, 1.807) is 24.3 Å². The first-order valence-electron chi connectivity index (χ1n) is 9.66. The van der Waals surface area contributed by atoms with E-state index in [0.29, 0.717) is 47.1 Å². The number of benzene rings is 3. The number of amides is 2. The molecule has 3 aromatic carbocycles. The topological polar surface area (TPSA) is 58.2 Å². The molecule has 0 radical (unpaired) electrons. The second-order valence-corrected chi connectivity index (χ2v) is 7.73. The van der Waals surface area contributed by atoms with Crippen LogP contribution >= 0.6 is 23.2 Å². The van der Waals surface area contributed by atoms with Crippen LogP contribution in [0.15, 0.2) is 72.8 Å². The summed E-state index contributed by atoms with van der Waals surface area (Å²) in [5.74, 6) is -0.434. The summed E-state index contributed by atoms with van der Waals surface area (Å²) in [7, 11) is 0. The van der Waals surface area contributed by atoms with Gasteiger partial charge in [0.25, 0.3) is 11.8 Å². The molecule has 3 aromatic rings. The maximum absolute atomic E-state index is 12.4. The highest BCUT2D eigenvalue weighted by atomic mass is 35.5. The standard InChI is InChI=1S/C24H22Cl2N2O2/c25-21-8-1-4-17(14-21)10-12-27-23(29)19-6-3-7-20(16-19)24(30)28-13-11-18-5-2-9-22(26)15-18/h1-9,14-16H,10-13H2,(H,27,29)(H,28,30). The summed E-state index contributed by atoms with van der Waals surface area (Å²) in [4.78, 5) is 24.9. The van der Waals surface area contributed by atoms with Crippen molar-refractivity contribution >= 4 is 35.0 Å². The van der Waals surface area contributed by atoms with Crippen LogP contribution in [0.5, 0.6) is 0 Å². The molecule has 0 fully saturated rings. The summed E-state index contributed by atoms with van der Waals surface area (Å²) >= 11 is 12.0. The summed E-state index contributed by atoms with van der Waals surface area (Å²) < 4.78 is 0. The first-order valence-corrected chi connectivity index (χ1v) is 10.4. The molecule has 0 unspecified atom stereocenters. The predicted octanol–water partition coefficient (Wildman–Crippen LogP) is 4.94. The number of halogens is 2. The lowest BCUT2D eigenvalue weighted by molar-refractivity contribution is 0.0953. The second kappa shape index (κ2) is 10.8. The molecule has 0 bridgehead atoms. The van der Waals surface area contributed by atoms with Crippen molar-refractivity contribution in [1.82, 2.24) is 10.6 Å². The molecule has 30 heavy (non-hydrogen) atoms. The summed E-state index contributed by atoms with van der Waals surface area (Å²) in [6.45, 7) is 0.963. The lowest BCUT2D eigenvalue weighted by Gasteiger charge is -2.09. The second-order valence-electron chi connectivity index (χ2n) is 6.85. The zero-order valence-corrected chi connectivity index (χ0v) is 17.8. The molecule has 2 amide bonds. The molecule has 0 aliphatic carbocycles. The van der Waals surface area contributed by atoms with Gasteiger partial charge in [-0.3, -0.25) is 9.59 Å². The largest absolute Gasteiger partial charge is 0.352 e. The molecule has 0 saturated heterocycles. The molecule has 154 valence electrons. The summed E-state index contributed by atoms with van der Waals surface area (Å²) in [6.07, 6.45) is 1.35. The first-order chi connectivity index (χ1) is 14.5. The van der Waals surface area contributed by atoms with Gasteiger partial charge in [0, 0.05) is 34.3 Å². The van der Waals surface area contributed by atoms with Crippen molar-refractivity contribution < 1.29 is 9.59 Å². The van der Waals surface area contributed by atoms with Gasteiger partial charge in [-0.15, -0.1) is 0 Å². The van der Waals surface area contributed by atoms with Crippen molar-refractivity contribution in [2.75, 3.05) is 13.1 Å². The van der Waals surface area contributed by atoms with Gasteiger partial charge in [-0.05, 0) is 66.4 Å². The fraction of sp³-hybridized carbons (Fsp3) is 0.167. The van der Waals surface area contributed by atoms with Crippen LogP contribution in [0.3, 0.4) is 0 Å². The molecule has 0 atom stereocenters. The van der Waals surface area contributed by atoms with E-state index in [1.165, 1.54) is 0 Å². The molecule has 6 heteroatoms. The Bertz CT molecular complexity index is 958. The van der Waals surface area contributed by atoms with Gasteiger partial charge in [0.05, 0.1) is 0 Å². The van der Waals surface area contributed by atoms with Crippen LogP contribution in [0.25, 0.3) is 0 Å². The molecule has 0 aliphatic rings. The highest BCUT2D eigenvalue weighted by Crippen LogP contribution is 2.12. The van der Waals surface area contributed by atoms with Crippen molar-refractivity contribution in [3.05, 3.63) is 105 Å². The van der Waals surface area contributed by atoms with E-state index in [2.05, 4.69) is 10.6 Å². The Morgan fingerprint density at radius 1 is 0.633 bits per heavy atom. The van der Waals surface area contributed by atoms with Gasteiger partial charge in [0.1, 0.15) is 0 Å². The fourth-order valence-electron chi connectivity index (χ4n) is 3.03. The molecule has 0 aliphatic heterocycles. The van der Waals surface area contributed by atoms with Crippen molar-refractivity contribution in [2.24, 2.45) is 0 Å². The Morgan fingerprint density at radius 2 is 1.07 bits per heavy atom. The van der Waals surface area contributed by atoms with Crippen molar-refractivity contribution in [1.29, 1.82) is 0 Å².